The third-order valence-corrected chi connectivity index (χ3v) is 6.51. The molecule has 2 aromatic carbocycles. The van der Waals surface area contributed by atoms with E-state index in [1.54, 1.807) is 18.9 Å². The number of aryl methyl sites for hydroxylation is 1. The second kappa shape index (κ2) is 11.7. The number of rotatable bonds is 9. The molecule has 33 heavy (non-hydrogen) atoms. The molecule has 1 atom stereocenters. The number of carbonyl (C=O) groups excluding carboxylic acids is 2. The lowest BCUT2D eigenvalue weighted by Crippen LogP contribution is -2.51. The lowest BCUT2D eigenvalue weighted by Gasteiger charge is -2.31. The standard InChI is InChI=1S/C27H36N2O4/c1-19-10-8-15-25(20(19)2)33-18-26(30)29(17-22-11-9-14-24(16-22)32-4)21(3)27(31)28-23-12-6-5-7-13-23/h8-11,14-16,21,23H,5-7,12-13,17-18H2,1-4H3,(H,28,31). The summed E-state index contributed by atoms with van der Waals surface area (Å²) in [6, 6.07) is 12.9. The molecule has 1 saturated carbocycles. The van der Waals surface area contributed by atoms with E-state index in [0.29, 0.717) is 18.0 Å². The Balaban J connectivity index is 1.74. The van der Waals surface area contributed by atoms with E-state index in [9.17, 15) is 9.59 Å². The van der Waals surface area contributed by atoms with Gasteiger partial charge in [-0.3, -0.25) is 9.59 Å². The normalized spacial score (nSPS) is 14.9. The van der Waals surface area contributed by atoms with Crippen molar-refractivity contribution in [2.45, 2.75) is 71.5 Å². The summed E-state index contributed by atoms with van der Waals surface area (Å²) in [5.74, 6) is 1.05. The van der Waals surface area contributed by atoms with Crippen LogP contribution in [0.5, 0.6) is 11.5 Å². The van der Waals surface area contributed by atoms with Crippen molar-refractivity contribution in [1.29, 1.82) is 0 Å². The Morgan fingerprint density at radius 1 is 1.09 bits per heavy atom. The van der Waals surface area contributed by atoms with E-state index >= 15 is 0 Å². The van der Waals surface area contributed by atoms with E-state index in [1.165, 1.54) is 6.42 Å². The number of nitrogens with one attached hydrogen (secondary N) is 1. The lowest BCUT2D eigenvalue weighted by molar-refractivity contribution is -0.142. The summed E-state index contributed by atoms with van der Waals surface area (Å²) in [5.41, 5.74) is 3.01. The Kier molecular flexibility index (Phi) is 8.75. The van der Waals surface area contributed by atoms with Crippen LogP contribution in [0, 0.1) is 13.8 Å². The number of nitrogens with zero attached hydrogens (tertiary/aromatic N) is 1. The van der Waals surface area contributed by atoms with Gasteiger partial charge in [-0.15, -0.1) is 0 Å². The minimum atomic E-state index is -0.618. The van der Waals surface area contributed by atoms with Gasteiger partial charge >= 0.3 is 0 Å². The third kappa shape index (κ3) is 6.73. The van der Waals surface area contributed by atoms with Crippen molar-refractivity contribution in [3.05, 3.63) is 59.2 Å². The van der Waals surface area contributed by atoms with Crippen LogP contribution in [0.25, 0.3) is 0 Å². The molecule has 2 aromatic rings. The van der Waals surface area contributed by atoms with Crippen molar-refractivity contribution >= 4 is 11.8 Å². The SMILES string of the molecule is COc1cccc(CN(C(=O)COc2cccc(C)c2C)C(C)C(=O)NC2CCCCC2)c1. The summed E-state index contributed by atoms with van der Waals surface area (Å²) in [4.78, 5) is 28.0. The molecule has 3 rings (SSSR count). The van der Waals surface area contributed by atoms with E-state index < -0.39 is 6.04 Å². The van der Waals surface area contributed by atoms with E-state index in [1.807, 2.05) is 56.3 Å². The van der Waals surface area contributed by atoms with Gasteiger partial charge in [-0.05, 0) is 68.5 Å². The fourth-order valence-electron chi connectivity index (χ4n) is 4.22. The fraction of sp³-hybridized carbons (Fsp3) is 0.481. The highest BCUT2D eigenvalue weighted by molar-refractivity contribution is 5.88. The summed E-state index contributed by atoms with van der Waals surface area (Å²) in [7, 11) is 1.61. The highest BCUT2D eigenvalue weighted by atomic mass is 16.5. The number of amides is 2. The van der Waals surface area contributed by atoms with Gasteiger partial charge in [0.05, 0.1) is 7.11 Å². The topological polar surface area (TPSA) is 67.9 Å². The maximum Gasteiger partial charge on any atom is 0.261 e. The van der Waals surface area contributed by atoms with Crippen molar-refractivity contribution in [3.8, 4) is 11.5 Å². The van der Waals surface area contributed by atoms with Crippen LogP contribution in [0.4, 0.5) is 0 Å². The van der Waals surface area contributed by atoms with Crippen LogP contribution < -0.4 is 14.8 Å². The molecule has 1 N–H and O–H groups in total. The molecule has 178 valence electrons. The fourth-order valence-corrected chi connectivity index (χ4v) is 4.22. The number of methoxy groups -OCH3 is 1. The molecule has 0 aliphatic heterocycles. The largest absolute Gasteiger partial charge is 0.497 e. The summed E-state index contributed by atoms with van der Waals surface area (Å²) < 4.78 is 11.2. The number of hydrogen-bond acceptors (Lipinski definition) is 4. The van der Waals surface area contributed by atoms with Crippen LogP contribution in [0.2, 0.25) is 0 Å². The Morgan fingerprint density at radius 2 is 1.82 bits per heavy atom. The van der Waals surface area contributed by atoms with E-state index in [2.05, 4.69) is 5.32 Å². The molecule has 6 heteroatoms. The second-order valence-electron chi connectivity index (χ2n) is 8.88. The molecular weight excluding hydrogens is 416 g/mol. The zero-order valence-corrected chi connectivity index (χ0v) is 20.2. The monoisotopic (exact) mass is 452 g/mol. The van der Waals surface area contributed by atoms with Gasteiger partial charge < -0.3 is 19.7 Å². The van der Waals surface area contributed by atoms with Gasteiger partial charge in [-0.1, -0.05) is 43.5 Å². The van der Waals surface area contributed by atoms with E-state index in [-0.39, 0.29) is 24.5 Å². The maximum absolute atomic E-state index is 13.3. The van der Waals surface area contributed by atoms with Crippen LogP contribution in [0.3, 0.4) is 0 Å². The van der Waals surface area contributed by atoms with Crippen LogP contribution in [0.1, 0.15) is 55.7 Å². The molecule has 0 saturated heterocycles. The van der Waals surface area contributed by atoms with E-state index in [0.717, 1.165) is 42.4 Å². The molecule has 1 unspecified atom stereocenters. The van der Waals surface area contributed by atoms with Gasteiger partial charge in [-0.2, -0.15) is 0 Å². The molecule has 1 aliphatic carbocycles. The Bertz CT molecular complexity index is 953. The minimum absolute atomic E-state index is 0.120. The van der Waals surface area contributed by atoms with Gasteiger partial charge in [0.2, 0.25) is 5.91 Å². The first-order chi connectivity index (χ1) is 15.9. The highest BCUT2D eigenvalue weighted by Crippen LogP contribution is 2.22. The Hall–Kier alpha value is -3.02. The van der Waals surface area contributed by atoms with Crippen molar-refractivity contribution in [3.63, 3.8) is 0 Å². The van der Waals surface area contributed by atoms with Gasteiger partial charge in [0.25, 0.3) is 5.91 Å². The van der Waals surface area contributed by atoms with Crippen LogP contribution in [0.15, 0.2) is 42.5 Å². The molecule has 0 aromatic heterocycles. The van der Waals surface area contributed by atoms with Crippen molar-refractivity contribution in [2.24, 2.45) is 0 Å². The Labute approximate surface area is 197 Å². The molecule has 1 aliphatic rings. The Morgan fingerprint density at radius 3 is 2.55 bits per heavy atom. The second-order valence-corrected chi connectivity index (χ2v) is 8.88. The van der Waals surface area contributed by atoms with Gasteiger partial charge in [0.15, 0.2) is 6.61 Å². The molecule has 2 amide bonds. The number of benzene rings is 2. The molecule has 0 bridgehead atoms. The molecule has 0 heterocycles. The average Bonchev–Trinajstić information content (AvgIpc) is 2.83. The van der Waals surface area contributed by atoms with Crippen LogP contribution >= 0.6 is 0 Å². The zero-order chi connectivity index (χ0) is 23.8. The maximum atomic E-state index is 13.3. The predicted octanol–water partition coefficient (Wildman–Crippen LogP) is 4.56. The average molecular weight is 453 g/mol. The summed E-state index contributed by atoms with van der Waals surface area (Å²) in [5, 5.41) is 3.15. The highest BCUT2D eigenvalue weighted by Gasteiger charge is 2.28. The van der Waals surface area contributed by atoms with E-state index in [4.69, 9.17) is 9.47 Å². The van der Waals surface area contributed by atoms with Crippen molar-refractivity contribution in [2.75, 3.05) is 13.7 Å². The molecule has 6 nitrogen and oxygen atoms in total. The quantitative estimate of drug-likeness (QED) is 0.606. The minimum Gasteiger partial charge on any atom is -0.497 e. The molecule has 1 fully saturated rings. The lowest BCUT2D eigenvalue weighted by atomic mass is 9.95. The van der Waals surface area contributed by atoms with Crippen molar-refractivity contribution < 1.29 is 19.1 Å². The smallest absolute Gasteiger partial charge is 0.261 e. The van der Waals surface area contributed by atoms with Crippen LogP contribution in [-0.4, -0.2) is 42.5 Å². The summed E-state index contributed by atoms with van der Waals surface area (Å²) in [6.07, 6.45) is 5.49. The zero-order valence-electron chi connectivity index (χ0n) is 20.2. The van der Waals surface area contributed by atoms with Gasteiger partial charge in [-0.25, -0.2) is 0 Å². The molecule has 0 radical (unpaired) electrons. The first-order valence-corrected chi connectivity index (χ1v) is 11.8. The predicted molar refractivity (Wildman–Crippen MR) is 129 cm³/mol. The number of carbonyl (C=O) groups is 2. The summed E-state index contributed by atoms with van der Waals surface area (Å²) in [6.45, 7) is 5.94. The van der Waals surface area contributed by atoms with Gasteiger partial charge in [0, 0.05) is 12.6 Å². The number of ether oxygens (including phenoxy) is 2. The molecule has 0 spiro atoms. The first kappa shape index (κ1) is 24.6. The first-order valence-electron chi connectivity index (χ1n) is 11.8. The van der Waals surface area contributed by atoms with Crippen LogP contribution in [-0.2, 0) is 16.1 Å². The third-order valence-electron chi connectivity index (χ3n) is 6.51. The van der Waals surface area contributed by atoms with Crippen molar-refractivity contribution in [1.82, 2.24) is 10.2 Å². The summed E-state index contributed by atoms with van der Waals surface area (Å²) >= 11 is 0. The van der Waals surface area contributed by atoms with Gasteiger partial charge in [0.1, 0.15) is 17.5 Å². The number of hydrogen-bond donors (Lipinski definition) is 1. The molecular formula is C27H36N2O4.